The first-order chi connectivity index (χ1) is 9.85. The Morgan fingerprint density at radius 2 is 1.60 bits per heavy atom. The molecule has 2 aromatic carbocycles. The van der Waals surface area contributed by atoms with Crippen molar-refractivity contribution in [1.29, 1.82) is 0 Å². The fourth-order valence-electron chi connectivity index (χ4n) is 1.86. The van der Waals surface area contributed by atoms with Crippen LogP contribution < -0.4 is 4.74 Å². The van der Waals surface area contributed by atoms with Crippen molar-refractivity contribution in [2.45, 2.75) is 4.90 Å². The summed E-state index contributed by atoms with van der Waals surface area (Å²) in [6.45, 7) is 0. The molecule has 0 saturated heterocycles. The molecule has 0 spiro atoms. The Morgan fingerprint density at radius 1 is 0.950 bits per heavy atom. The van der Waals surface area contributed by atoms with Crippen LogP contribution in [0.1, 0.15) is 0 Å². The largest absolute Gasteiger partial charge is 0.436 e. The van der Waals surface area contributed by atoms with Crippen molar-refractivity contribution in [3.05, 3.63) is 54.7 Å². The van der Waals surface area contributed by atoms with E-state index >= 15 is 0 Å². The van der Waals surface area contributed by atoms with Gasteiger partial charge in [-0.1, -0.05) is 24.3 Å². The van der Waals surface area contributed by atoms with Crippen LogP contribution in [0.15, 0.2) is 59.6 Å². The lowest BCUT2D eigenvalue weighted by Crippen LogP contribution is -1.84. The van der Waals surface area contributed by atoms with Crippen LogP contribution in [0.3, 0.4) is 0 Å². The first-order valence-electron chi connectivity index (χ1n) is 6.13. The van der Waals surface area contributed by atoms with Gasteiger partial charge in [-0.05, 0) is 41.6 Å². The molecule has 0 aliphatic heterocycles. The topological polar surface area (TPSA) is 50.8 Å². The van der Waals surface area contributed by atoms with Crippen LogP contribution in [-0.4, -0.2) is 21.7 Å². The summed E-state index contributed by atoms with van der Waals surface area (Å²) in [7, 11) is 0. The summed E-state index contributed by atoms with van der Waals surface area (Å²) in [5, 5.41) is 10.1. The lowest BCUT2D eigenvalue weighted by molar-refractivity contribution is 0.461. The van der Waals surface area contributed by atoms with Gasteiger partial charge < -0.3 is 4.74 Å². The Morgan fingerprint density at radius 3 is 2.15 bits per heavy atom. The van der Waals surface area contributed by atoms with Gasteiger partial charge >= 0.3 is 0 Å². The number of benzene rings is 2. The molecule has 20 heavy (non-hydrogen) atoms. The van der Waals surface area contributed by atoms with Crippen molar-refractivity contribution < 1.29 is 4.74 Å². The van der Waals surface area contributed by atoms with E-state index in [9.17, 15) is 0 Å². The van der Waals surface area contributed by atoms with Gasteiger partial charge in [0.15, 0.2) is 0 Å². The van der Waals surface area contributed by atoms with Crippen LogP contribution in [0.5, 0.6) is 11.6 Å². The summed E-state index contributed by atoms with van der Waals surface area (Å²) in [6.07, 6.45) is 3.61. The minimum Gasteiger partial charge on any atom is -0.436 e. The molecule has 4 nitrogen and oxygen atoms in total. The zero-order valence-electron chi connectivity index (χ0n) is 10.9. The summed E-state index contributed by atoms with van der Waals surface area (Å²) in [5.74, 6) is 1.20. The molecular weight excluding hydrogens is 270 g/mol. The lowest BCUT2D eigenvalue weighted by atomic mass is 10.1. The number of nitrogens with zero attached hydrogens (tertiary/aromatic N) is 2. The average Bonchev–Trinajstić information content (AvgIpc) is 3.01. The molecule has 3 rings (SSSR count). The lowest BCUT2D eigenvalue weighted by Gasteiger charge is -2.05. The number of thioether (sulfide) groups is 1. The fraction of sp³-hybridized carbons (Fsp3) is 0.0667. The Bertz CT molecular complexity index is 663. The summed E-state index contributed by atoms with van der Waals surface area (Å²) in [5.41, 5.74) is 2.35. The number of rotatable bonds is 4. The van der Waals surface area contributed by atoms with Gasteiger partial charge in [-0.25, -0.2) is 0 Å². The maximum atomic E-state index is 5.54. The maximum Gasteiger partial charge on any atom is 0.258 e. The van der Waals surface area contributed by atoms with Crippen LogP contribution in [0.2, 0.25) is 0 Å². The fourth-order valence-corrected chi connectivity index (χ4v) is 2.27. The van der Waals surface area contributed by atoms with Crippen molar-refractivity contribution in [1.82, 2.24) is 15.4 Å². The molecule has 0 fully saturated rings. The van der Waals surface area contributed by atoms with Gasteiger partial charge in [-0.15, -0.1) is 16.9 Å². The zero-order valence-corrected chi connectivity index (χ0v) is 11.7. The number of hydrogen-bond donors (Lipinski definition) is 1. The van der Waals surface area contributed by atoms with Crippen LogP contribution in [-0.2, 0) is 0 Å². The van der Waals surface area contributed by atoms with E-state index in [0.717, 1.165) is 11.3 Å². The summed E-state index contributed by atoms with van der Waals surface area (Å²) < 4.78 is 5.54. The van der Waals surface area contributed by atoms with Crippen LogP contribution >= 0.6 is 11.8 Å². The van der Waals surface area contributed by atoms with Gasteiger partial charge in [0.05, 0.1) is 0 Å². The Hall–Kier alpha value is -2.27. The second kappa shape index (κ2) is 5.79. The standard InChI is InChI=1S/C15H13N3OS/c1-20-14-8-4-12(5-9-14)11-2-6-13(7-3-11)19-15-10-16-18-17-15/h2-10H,1H3,(H,16,17,18). The van der Waals surface area contributed by atoms with Crippen molar-refractivity contribution in [2.24, 2.45) is 0 Å². The van der Waals surface area contributed by atoms with E-state index in [1.807, 2.05) is 24.3 Å². The summed E-state index contributed by atoms with van der Waals surface area (Å²) in [4.78, 5) is 1.26. The molecule has 0 aliphatic rings. The van der Waals surface area contributed by atoms with Gasteiger partial charge in [0.2, 0.25) is 0 Å². The highest BCUT2D eigenvalue weighted by atomic mass is 32.2. The number of aromatic nitrogens is 3. The van der Waals surface area contributed by atoms with Crippen molar-refractivity contribution >= 4 is 11.8 Å². The van der Waals surface area contributed by atoms with Crippen LogP contribution in [0, 0.1) is 0 Å². The van der Waals surface area contributed by atoms with E-state index in [2.05, 4.69) is 45.9 Å². The highest BCUT2D eigenvalue weighted by Gasteiger charge is 2.01. The quantitative estimate of drug-likeness (QED) is 0.736. The Kier molecular flexibility index (Phi) is 3.69. The molecule has 0 aliphatic carbocycles. The van der Waals surface area contributed by atoms with Gasteiger partial charge in [-0.3, -0.25) is 0 Å². The van der Waals surface area contributed by atoms with E-state index in [4.69, 9.17) is 4.74 Å². The van der Waals surface area contributed by atoms with E-state index in [1.54, 1.807) is 11.8 Å². The average molecular weight is 283 g/mol. The smallest absolute Gasteiger partial charge is 0.258 e. The van der Waals surface area contributed by atoms with Gasteiger partial charge in [0.25, 0.3) is 5.88 Å². The van der Waals surface area contributed by atoms with E-state index < -0.39 is 0 Å². The molecule has 0 unspecified atom stereocenters. The Labute approximate surface area is 121 Å². The number of ether oxygens (including phenoxy) is 1. The highest BCUT2D eigenvalue weighted by molar-refractivity contribution is 7.98. The number of aromatic amines is 1. The van der Waals surface area contributed by atoms with Crippen LogP contribution in [0.25, 0.3) is 11.1 Å². The number of H-pyrrole nitrogens is 1. The molecule has 1 aromatic heterocycles. The molecule has 0 bridgehead atoms. The monoisotopic (exact) mass is 283 g/mol. The second-order valence-electron chi connectivity index (χ2n) is 4.16. The normalized spacial score (nSPS) is 10.4. The predicted octanol–water partition coefficient (Wildman–Crippen LogP) is 3.99. The summed E-state index contributed by atoms with van der Waals surface area (Å²) in [6, 6.07) is 16.4. The molecule has 100 valence electrons. The summed E-state index contributed by atoms with van der Waals surface area (Å²) >= 11 is 1.74. The third-order valence-corrected chi connectivity index (χ3v) is 3.64. The maximum absolute atomic E-state index is 5.54. The van der Waals surface area contributed by atoms with E-state index in [-0.39, 0.29) is 0 Å². The van der Waals surface area contributed by atoms with Crippen molar-refractivity contribution in [3.63, 3.8) is 0 Å². The zero-order chi connectivity index (χ0) is 13.8. The molecule has 0 saturated carbocycles. The van der Waals surface area contributed by atoms with E-state index in [1.165, 1.54) is 16.7 Å². The van der Waals surface area contributed by atoms with Crippen molar-refractivity contribution in [2.75, 3.05) is 6.26 Å². The first-order valence-corrected chi connectivity index (χ1v) is 7.36. The minimum absolute atomic E-state index is 0.460. The molecule has 5 heteroatoms. The molecule has 0 radical (unpaired) electrons. The minimum atomic E-state index is 0.460. The van der Waals surface area contributed by atoms with Crippen LogP contribution in [0.4, 0.5) is 0 Å². The second-order valence-corrected chi connectivity index (χ2v) is 5.04. The Balaban J connectivity index is 1.78. The third-order valence-electron chi connectivity index (χ3n) is 2.89. The van der Waals surface area contributed by atoms with E-state index in [0.29, 0.717) is 5.88 Å². The first kappa shape index (κ1) is 12.7. The molecule has 1 N–H and O–H groups in total. The molecule has 0 atom stereocenters. The molecule has 3 aromatic rings. The molecular formula is C15H13N3OS. The number of nitrogens with one attached hydrogen (secondary N) is 1. The van der Waals surface area contributed by atoms with Gasteiger partial charge in [0, 0.05) is 4.90 Å². The van der Waals surface area contributed by atoms with Gasteiger partial charge in [-0.2, -0.15) is 10.3 Å². The number of hydrogen-bond acceptors (Lipinski definition) is 4. The van der Waals surface area contributed by atoms with Gasteiger partial charge in [0.1, 0.15) is 11.9 Å². The SMILES string of the molecule is CSc1ccc(-c2ccc(Oc3cn[nH]n3)cc2)cc1. The molecule has 0 amide bonds. The molecule has 1 heterocycles. The third kappa shape index (κ3) is 2.83. The predicted molar refractivity (Wildman–Crippen MR) is 80.1 cm³/mol. The highest BCUT2D eigenvalue weighted by Crippen LogP contribution is 2.26. The van der Waals surface area contributed by atoms with Crippen molar-refractivity contribution in [3.8, 4) is 22.8 Å².